The van der Waals surface area contributed by atoms with Crippen molar-refractivity contribution in [2.75, 3.05) is 45.7 Å². The van der Waals surface area contributed by atoms with Gasteiger partial charge in [0.1, 0.15) is 11.6 Å². The molecule has 1 N–H and O–H groups in total. The van der Waals surface area contributed by atoms with Crippen molar-refractivity contribution in [2.45, 2.75) is 24.7 Å². The summed E-state index contributed by atoms with van der Waals surface area (Å²) in [7, 11) is 3.48. The van der Waals surface area contributed by atoms with Crippen LogP contribution in [0, 0.1) is 0 Å². The van der Waals surface area contributed by atoms with Gasteiger partial charge in [-0.3, -0.25) is 4.79 Å². The quantitative estimate of drug-likeness (QED) is 0.823. The number of nitrogens with one attached hydrogen (secondary N) is 1. The molecule has 2 aliphatic heterocycles. The number of anilines is 1. The van der Waals surface area contributed by atoms with Gasteiger partial charge in [0.05, 0.1) is 13.2 Å². The first-order chi connectivity index (χ1) is 14.3. The predicted molar refractivity (Wildman–Crippen MR) is 105 cm³/mol. The summed E-state index contributed by atoms with van der Waals surface area (Å²) in [5, 5.41) is 7.18. The molecule has 1 aromatic heterocycles. The molecule has 0 unspecified atom stereocenters. The first kappa shape index (κ1) is 20.5. The number of amides is 1. The van der Waals surface area contributed by atoms with E-state index in [1.807, 2.05) is 7.05 Å². The molecule has 0 radical (unpaired) electrons. The third-order valence-corrected chi connectivity index (χ3v) is 5.70. The van der Waals surface area contributed by atoms with E-state index in [4.69, 9.17) is 4.74 Å². The summed E-state index contributed by atoms with van der Waals surface area (Å²) in [6, 6.07) is 5.98. The minimum atomic E-state index is -4.49. The van der Waals surface area contributed by atoms with E-state index >= 15 is 0 Å². The second-order valence-electron chi connectivity index (χ2n) is 7.72. The predicted octanol–water partition coefficient (Wildman–Crippen LogP) is 2.94. The summed E-state index contributed by atoms with van der Waals surface area (Å²) in [5.74, 6) is 0.419. The van der Waals surface area contributed by atoms with E-state index in [0.717, 1.165) is 17.8 Å². The number of carbonyl (C=O) groups is 1. The molecule has 4 rings (SSSR count). The molecular formula is C20H24F3N5O2. The van der Waals surface area contributed by atoms with Crippen LogP contribution in [0.25, 0.3) is 0 Å². The van der Waals surface area contributed by atoms with E-state index in [-0.39, 0.29) is 23.8 Å². The number of carbonyl (C=O) groups excluding carboxylic acids is 1. The third kappa shape index (κ3) is 3.96. The zero-order valence-corrected chi connectivity index (χ0v) is 16.8. The van der Waals surface area contributed by atoms with Gasteiger partial charge in [0.2, 0.25) is 0 Å². The van der Waals surface area contributed by atoms with Gasteiger partial charge in [0.15, 0.2) is 11.7 Å². The Hall–Kier alpha value is -2.75. The maximum absolute atomic E-state index is 13.8. The fourth-order valence-corrected chi connectivity index (χ4v) is 3.93. The van der Waals surface area contributed by atoms with Crippen LogP contribution in [0.1, 0.15) is 34.6 Å². The van der Waals surface area contributed by atoms with Crippen LogP contribution in [-0.4, -0.2) is 72.0 Å². The normalized spacial score (nSPS) is 22.4. The van der Waals surface area contributed by atoms with Crippen LogP contribution in [0.15, 0.2) is 30.3 Å². The van der Waals surface area contributed by atoms with Gasteiger partial charge < -0.3 is 19.9 Å². The molecule has 0 spiro atoms. The lowest BCUT2D eigenvalue weighted by Gasteiger charge is -2.33. The molecule has 7 nitrogen and oxygen atoms in total. The van der Waals surface area contributed by atoms with Crippen molar-refractivity contribution < 1.29 is 22.7 Å². The zero-order valence-electron chi connectivity index (χ0n) is 16.8. The Morgan fingerprint density at radius 3 is 2.60 bits per heavy atom. The first-order valence-corrected chi connectivity index (χ1v) is 9.81. The molecule has 162 valence electrons. The number of benzene rings is 1. The molecule has 1 saturated heterocycles. The Kier molecular flexibility index (Phi) is 5.35. The number of piperazine rings is 1. The topological polar surface area (TPSA) is 62.6 Å². The highest BCUT2D eigenvalue weighted by Gasteiger charge is 2.47. The summed E-state index contributed by atoms with van der Waals surface area (Å²) < 4.78 is 47.6. The molecule has 2 atom stereocenters. The van der Waals surface area contributed by atoms with Crippen LogP contribution in [0.5, 0.6) is 5.75 Å². The van der Waals surface area contributed by atoms with Gasteiger partial charge in [-0.2, -0.15) is 18.3 Å². The van der Waals surface area contributed by atoms with E-state index in [9.17, 15) is 18.0 Å². The van der Waals surface area contributed by atoms with Crippen molar-refractivity contribution in [3.8, 4) is 5.75 Å². The van der Waals surface area contributed by atoms with E-state index in [0.29, 0.717) is 24.4 Å². The van der Waals surface area contributed by atoms with Crippen LogP contribution in [0.4, 0.5) is 19.0 Å². The number of likely N-dealkylation sites (N-methyl/N-ethyl adjacent to an activating group) is 1. The van der Waals surface area contributed by atoms with Gasteiger partial charge in [0.25, 0.3) is 5.91 Å². The van der Waals surface area contributed by atoms with Crippen molar-refractivity contribution in [3.05, 3.63) is 41.6 Å². The van der Waals surface area contributed by atoms with Crippen LogP contribution < -0.4 is 10.1 Å². The number of fused-ring (bicyclic) bond motifs is 1. The van der Waals surface area contributed by atoms with E-state index in [2.05, 4.69) is 15.3 Å². The summed E-state index contributed by atoms with van der Waals surface area (Å²) in [6.07, 6.45) is -4.72. The molecule has 0 saturated carbocycles. The van der Waals surface area contributed by atoms with Gasteiger partial charge in [-0.25, -0.2) is 4.68 Å². The van der Waals surface area contributed by atoms with Crippen molar-refractivity contribution in [2.24, 2.45) is 0 Å². The fourth-order valence-electron chi connectivity index (χ4n) is 3.93. The van der Waals surface area contributed by atoms with Gasteiger partial charge in [-0.1, -0.05) is 12.1 Å². The summed E-state index contributed by atoms with van der Waals surface area (Å²) in [5.41, 5.74) is 0.714. The Bertz CT molecular complexity index is 921. The van der Waals surface area contributed by atoms with Crippen molar-refractivity contribution >= 4 is 11.7 Å². The standard InChI is InChI=1S/C20H24F3N5O2/c1-26-6-8-27(9-7-26)19(29)16-12-18-24-15(13-4-3-5-14(10-13)30-2)11-17(20(21,22)23)28(18)25-16/h3-5,10,12,15,17,24H,6-9,11H2,1-2H3/t15-,17-/m1/s1. The smallest absolute Gasteiger partial charge is 0.410 e. The number of hydrogen-bond donors (Lipinski definition) is 1. The zero-order chi connectivity index (χ0) is 21.5. The average molecular weight is 423 g/mol. The molecule has 1 aromatic carbocycles. The number of hydrogen-bond acceptors (Lipinski definition) is 5. The Labute approximate surface area is 172 Å². The second kappa shape index (κ2) is 7.82. The minimum Gasteiger partial charge on any atom is -0.497 e. The third-order valence-electron chi connectivity index (χ3n) is 5.70. The number of alkyl halides is 3. The lowest BCUT2D eigenvalue weighted by Crippen LogP contribution is -2.47. The number of aromatic nitrogens is 2. The van der Waals surface area contributed by atoms with Crippen LogP contribution >= 0.6 is 0 Å². The molecule has 2 aliphatic rings. The maximum atomic E-state index is 13.8. The maximum Gasteiger partial charge on any atom is 0.410 e. The molecule has 0 aliphatic carbocycles. The fraction of sp³-hybridized carbons (Fsp3) is 0.500. The Morgan fingerprint density at radius 2 is 1.93 bits per heavy atom. The van der Waals surface area contributed by atoms with E-state index in [1.54, 1.807) is 29.2 Å². The molecule has 2 aromatic rings. The van der Waals surface area contributed by atoms with Crippen molar-refractivity contribution in [1.82, 2.24) is 19.6 Å². The second-order valence-corrected chi connectivity index (χ2v) is 7.72. The summed E-state index contributed by atoms with van der Waals surface area (Å²) in [6.45, 7) is 2.50. The first-order valence-electron chi connectivity index (χ1n) is 9.81. The number of ether oxygens (including phenoxy) is 1. The number of nitrogens with zero attached hydrogens (tertiary/aromatic N) is 4. The molecule has 30 heavy (non-hydrogen) atoms. The molecule has 1 amide bonds. The van der Waals surface area contributed by atoms with Gasteiger partial charge in [0, 0.05) is 38.7 Å². The Morgan fingerprint density at radius 1 is 1.20 bits per heavy atom. The SMILES string of the molecule is COc1cccc([C@H]2C[C@H](C(F)(F)F)n3nc(C(=O)N4CCN(C)CC4)cc3N2)c1. The molecule has 0 bridgehead atoms. The molecule has 3 heterocycles. The van der Waals surface area contributed by atoms with E-state index in [1.165, 1.54) is 13.2 Å². The lowest BCUT2D eigenvalue weighted by atomic mass is 9.97. The van der Waals surface area contributed by atoms with Gasteiger partial charge in [-0.15, -0.1) is 0 Å². The summed E-state index contributed by atoms with van der Waals surface area (Å²) in [4.78, 5) is 16.6. The molecular weight excluding hydrogens is 399 g/mol. The highest BCUT2D eigenvalue weighted by Crippen LogP contribution is 2.44. The molecule has 1 fully saturated rings. The van der Waals surface area contributed by atoms with Gasteiger partial charge >= 0.3 is 6.18 Å². The Balaban J connectivity index is 1.64. The highest BCUT2D eigenvalue weighted by atomic mass is 19.4. The lowest BCUT2D eigenvalue weighted by molar-refractivity contribution is -0.173. The minimum absolute atomic E-state index is 0.0302. The van der Waals surface area contributed by atoms with Crippen LogP contribution in [0.2, 0.25) is 0 Å². The van der Waals surface area contributed by atoms with Gasteiger partial charge in [-0.05, 0) is 24.7 Å². The summed E-state index contributed by atoms with van der Waals surface area (Å²) >= 11 is 0. The highest BCUT2D eigenvalue weighted by molar-refractivity contribution is 5.93. The van der Waals surface area contributed by atoms with Crippen molar-refractivity contribution in [3.63, 3.8) is 0 Å². The number of rotatable bonds is 3. The largest absolute Gasteiger partial charge is 0.497 e. The van der Waals surface area contributed by atoms with Crippen LogP contribution in [-0.2, 0) is 0 Å². The number of methoxy groups -OCH3 is 1. The number of halogens is 3. The molecule has 10 heteroatoms. The van der Waals surface area contributed by atoms with Crippen LogP contribution in [0.3, 0.4) is 0 Å². The average Bonchev–Trinajstić information content (AvgIpc) is 3.16. The monoisotopic (exact) mass is 423 g/mol. The van der Waals surface area contributed by atoms with Crippen molar-refractivity contribution in [1.29, 1.82) is 0 Å². The van der Waals surface area contributed by atoms with E-state index < -0.39 is 18.3 Å².